The first-order chi connectivity index (χ1) is 9.99. The molecule has 0 radical (unpaired) electrons. The molecule has 1 saturated heterocycles. The smallest absolute Gasteiger partial charge is 0.405 e. The maximum absolute atomic E-state index is 12.4. The number of ether oxygens (including phenoxy) is 2. The maximum atomic E-state index is 12.4. The fourth-order valence-electron chi connectivity index (χ4n) is 2.39. The molecular formula is C14H19F3N2O2. The number of benzene rings is 1. The van der Waals surface area contributed by atoms with Crippen LogP contribution in [-0.2, 0) is 4.74 Å². The average molecular weight is 304 g/mol. The largest absolute Gasteiger partial charge is 0.573 e. The molecule has 0 amide bonds. The quantitative estimate of drug-likeness (QED) is 0.847. The highest BCUT2D eigenvalue weighted by Crippen LogP contribution is 2.30. The lowest BCUT2D eigenvalue weighted by atomic mass is 10.1. The van der Waals surface area contributed by atoms with Gasteiger partial charge in [0.2, 0.25) is 0 Å². The van der Waals surface area contributed by atoms with Crippen molar-refractivity contribution in [1.82, 2.24) is 5.32 Å². The van der Waals surface area contributed by atoms with E-state index in [1.165, 1.54) is 12.1 Å². The van der Waals surface area contributed by atoms with Crippen molar-refractivity contribution in [3.8, 4) is 5.75 Å². The van der Waals surface area contributed by atoms with Gasteiger partial charge in [0.1, 0.15) is 5.75 Å². The standard InChI is InChI=1S/C14H19F3N2O2/c15-14(16,17)21-13-6-2-1-5-11(13)12(8-18)19-9-10-4-3-7-20-10/h1-2,5-6,10,12,19H,3-4,7-9,18H2. The Morgan fingerprint density at radius 2 is 2.14 bits per heavy atom. The topological polar surface area (TPSA) is 56.5 Å². The normalized spacial score (nSPS) is 20.5. The van der Waals surface area contributed by atoms with Crippen LogP contribution in [0.4, 0.5) is 13.2 Å². The van der Waals surface area contributed by atoms with Gasteiger partial charge >= 0.3 is 6.36 Å². The summed E-state index contributed by atoms with van der Waals surface area (Å²) in [6, 6.07) is 5.63. The van der Waals surface area contributed by atoms with E-state index in [4.69, 9.17) is 10.5 Å². The summed E-state index contributed by atoms with van der Waals surface area (Å²) in [6.07, 6.45) is -2.67. The van der Waals surface area contributed by atoms with E-state index in [1.54, 1.807) is 12.1 Å². The molecule has 0 aliphatic carbocycles. The van der Waals surface area contributed by atoms with Crippen LogP contribution in [0.3, 0.4) is 0 Å². The zero-order valence-corrected chi connectivity index (χ0v) is 11.5. The van der Waals surface area contributed by atoms with Crippen molar-refractivity contribution in [2.75, 3.05) is 19.7 Å². The van der Waals surface area contributed by atoms with Crippen LogP contribution < -0.4 is 15.8 Å². The SMILES string of the molecule is NCC(NCC1CCCO1)c1ccccc1OC(F)(F)F. The van der Waals surface area contributed by atoms with E-state index < -0.39 is 12.4 Å². The Balaban J connectivity index is 2.05. The summed E-state index contributed by atoms with van der Waals surface area (Å²) >= 11 is 0. The van der Waals surface area contributed by atoms with E-state index in [9.17, 15) is 13.2 Å². The fraction of sp³-hybridized carbons (Fsp3) is 0.571. The summed E-state index contributed by atoms with van der Waals surface area (Å²) in [5.74, 6) is -0.222. The third-order valence-corrected chi connectivity index (χ3v) is 3.37. The second-order valence-corrected chi connectivity index (χ2v) is 4.92. The number of rotatable bonds is 6. The molecule has 1 heterocycles. The van der Waals surface area contributed by atoms with Crippen LogP contribution >= 0.6 is 0 Å². The van der Waals surface area contributed by atoms with Crippen LogP contribution in [0.1, 0.15) is 24.4 Å². The van der Waals surface area contributed by atoms with Crippen LogP contribution in [0.5, 0.6) is 5.75 Å². The summed E-state index contributed by atoms with van der Waals surface area (Å²) < 4.78 is 46.8. The van der Waals surface area contributed by atoms with Gasteiger partial charge in [0.15, 0.2) is 0 Å². The third-order valence-electron chi connectivity index (χ3n) is 3.37. The number of nitrogens with two attached hydrogens (primary N) is 1. The Labute approximate surface area is 121 Å². The molecule has 2 rings (SSSR count). The van der Waals surface area contributed by atoms with Crippen LogP contribution in [0.2, 0.25) is 0 Å². The fourth-order valence-corrected chi connectivity index (χ4v) is 2.39. The van der Waals surface area contributed by atoms with E-state index in [0.29, 0.717) is 12.1 Å². The predicted octanol–water partition coefficient (Wildman–Crippen LogP) is 2.35. The molecule has 1 aliphatic heterocycles. The Morgan fingerprint density at radius 3 is 2.76 bits per heavy atom. The number of hydrogen-bond acceptors (Lipinski definition) is 4. The zero-order chi connectivity index (χ0) is 15.3. The first-order valence-electron chi connectivity index (χ1n) is 6.89. The average Bonchev–Trinajstić information content (AvgIpc) is 2.92. The number of halogens is 3. The van der Waals surface area contributed by atoms with Crippen LogP contribution in [0, 0.1) is 0 Å². The van der Waals surface area contributed by atoms with E-state index in [1.807, 2.05) is 0 Å². The van der Waals surface area contributed by atoms with Gasteiger partial charge in [0, 0.05) is 31.3 Å². The monoisotopic (exact) mass is 304 g/mol. The molecule has 2 atom stereocenters. The highest BCUT2D eigenvalue weighted by molar-refractivity contribution is 5.36. The summed E-state index contributed by atoms with van der Waals surface area (Å²) in [5, 5.41) is 3.16. The van der Waals surface area contributed by atoms with Gasteiger partial charge in [-0.25, -0.2) is 0 Å². The summed E-state index contributed by atoms with van der Waals surface area (Å²) in [7, 11) is 0. The highest BCUT2D eigenvalue weighted by Gasteiger charge is 2.32. The maximum Gasteiger partial charge on any atom is 0.573 e. The zero-order valence-electron chi connectivity index (χ0n) is 11.5. The van der Waals surface area contributed by atoms with Crippen molar-refractivity contribution in [2.45, 2.75) is 31.3 Å². The van der Waals surface area contributed by atoms with Crippen LogP contribution in [0.25, 0.3) is 0 Å². The number of para-hydroxylation sites is 1. The summed E-state index contributed by atoms with van der Waals surface area (Å²) in [6.45, 7) is 1.46. The molecule has 1 aromatic carbocycles. The molecule has 1 aliphatic rings. The van der Waals surface area contributed by atoms with Gasteiger partial charge in [0.05, 0.1) is 6.10 Å². The van der Waals surface area contributed by atoms with Gasteiger partial charge in [-0.1, -0.05) is 18.2 Å². The van der Waals surface area contributed by atoms with Gasteiger partial charge in [-0.15, -0.1) is 13.2 Å². The van der Waals surface area contributed by atoms with Crippen molar-refractivity contribution in [3.05, 3.63) is 29.8 Å². The second kappa shape index (κ2) is 7.11. The molecule has 0 aromatic heterocycles. The Bertz CT molecular complexity index is 448. The lowest BCUT2D eigenvalue weighted by Crippen LogP contribution is -2.34. The van der Waals surface area contributed by atoms with Gasteiger partial charge in [-0.2, -0.15) is 0 Å². The molecule has 3 N–H and O–H groups in total. The molecule has 4 nitrogen and oxygen atoms in total. The Hall–Kier alpha value is -1.31. The minimum absolute atomic E-state index is 0.0924. The number of alkyl halides is 3. The van der Waals surface area contributed by atoms with Gasteiger partial charge < -0.3 is 20.5 Å². The molecule has 0 bridgehead atoms. The lowest BCUT2D eigenvalue weighted by molar-refractivity contribution is -0.275. The van der Waals surface area contributed by atoms with E-state index in [2.05, 4.69) is 10.1 Å². The number of nitrogens with one attached hydrogen (secondary N) is 1. The minimum Gasteiger partial charge on any atom is -0.405 e. The number of hydrogen-bond donors (Lipinski definition) is 2. The van der Waals surface area contributed by atoms with E-state index >= 15 is 0 Å². The van der Waals surface area contributed by atoms with Crippen molar-refractivity contribution >= 4 is 0 Å². The Morgan fingerprint density at radius 1 is 1.38 bits per heavy atom. The molecular weight excluding hydrogens is 285 g/mol. The highest BCUT2D eigenvalue weighted by atomic mass is 19.4. The molecule has 21 heavy (non-hydrogen) atoms. The van der Waals surface area contributed by atoms with Crippen molar-refractivity contribution < 1.29 is 22.6 Å². The van der Waals surface area contributed by atoms with Gasteiger partial charge in [0.25, 0.3) is 0 Å². The molecule has 2 unspecified atom stereocenters. The molecule has 1 fully saturated rings. The van der Waals surface area contributed by atoms with Crippen molar-refractivity contribution in [3.63, 3.8) is 0 Å². The first kappa shape index (κ1) is 16.1. The molecule has 0 spiro atoms. The molecule has 7 heteroatoms. The molecule has 1 aromatic rings. The van der Waals surface area contributed by atoms with Crippen molar-refractivity contribution in [2.24, 2.45) is 5.73 Å². The predicted molar refractivity (Wildman–Crippen MR) is 71.9 cm³/mol. The lowest BCUT2D eigenvalue weighted by Gasteiger charge is -2.22. The van der Waals surface area contributed by atoms with Crippen molar-refractivity contribution in [1.29, 1.82) is 0 Å². The molecule has 118 valence electrons. The van der Waals surface area contributed by atoms with E-state index in [0.717, 1.165) is 19.4 Å². The summed E-state index contributed by atoms with van der Waals surface area (Å²) in [5.41, 5.74) is 6.08. The van der Waals surface area contributed by atoms with Gasteiger partial charge in [-0.3, -0.25) is 0 Å². The third kappa shape index (κ3) is 4.87. The van der Waals surface area contributed by atoms with Crippen LogP contribution in [-0.4, -0.2) is 32.2 Å². The molecule has 0 saturated carbocycles. The van der Waals surface area contributed by atoms with Crippen LogP contribution in [0.15, 0.2) is 24.3 Å². The van der Waals surface area contributed by atoms with Gasteiger partial charge in [-0.05, 0) is 18.9 Å². The second-order valence-electron chi connectivity index (χ2n) is 4.92. The summed E-state index contributed by atoms with van der Waals surface area (Å²) in [4.78, 5) is 0. The first-order valence-corrected chi connectivity index (χ1v) is 6.89. The Kier molecular flexibility index (Phi) is 5.44. The minimum atomic E-state index is -4.72. The van der Waals surface area contributed by atoms with E-state index in [-0.39, 0.29) is 18.4 Å².